The molecule has 118 valence electrons. The molecule has 1 unspecified atom stereocenters. The standard InChI is InChI=1S/C15H25N3OS2/c1-11(21-20)13-6-5-12(9-17-13)18-7-8-19-14(10-18)15(2,3)16-4/h5-6,9,11,14,16,20H,7-8,10H2,1-4H3/t11?,14-/m1/s1. The molecule has 1 saturated heterocycles. The van der Waals surface area contributed by atoms with Crippen molar-refractivity contribution in [1.29, 1.82) is 0 Å². The molecule has 0 saturated carbocycles. The molecule has 1 aromatic rings. The lowest BCUT2D eigenvalue weighted by molar-refractivity contribution is -0.0103. The average Bonchev–Trinajstić information content (AvgIpc) is 2.54. The number of nitrogens with one attached hydrogen (secondary N) is 1. The highest BCUT2D eigenvalue weighted by atomic mass is 33.1. The Balaban J connectivity index is 2.07. The summed E-state index contributed by atoms with van der Waals surface area (Å²) in [5.74, 6) is 0. The van der Waals surface area contributed by atoms with Crippen LogP contribution in [0.25, 0.3) is 0 Å². The number of thiol groups is 1. The Morgan fingerprint density at radius 2 is 2.29 bits per heavy atom. The number of nitrogens with zero attached hydrogens (tertiary/aromatic N) is 2. The Morgan fingerprint density at radius 1 is 1.52 bits per heavy atom. The number of likely N-dealkylation sites (N-methyl/N-ethyl adjacent to an activating group) is 1. The summed E-state index contributed by atoms with van der Waals surface area (Å²) in [4.78, 5) is 6.91. The number of morpholine rings is 1. The summed E-state index contributed by atoms with van der Waals surface area (Å²) < 4.78 is 5.93. The third-order valence-electron chi connectivity index (χ3n) is 4.23. The molecule has 1 fully saturated rings. The van der Waals surface area contributed by atoms with E-state index in [4.69, 9.17) is 4.74 Å². The minimum absolute atomic E-state index is 0.0385. The highest BCUT2D eigenvalue weighted by molar-refractivity contribution is 8.68. The Kier molecular flexibility index (Phi) is 5.82. The fraction of sp³-hybridized carbons (Fsp3) is 0.667. The van der Waals surface area contributed by atoms with Gasteiger partial charge in [-0.3, -0.25) is 4.98 Å². The zero-order chi connectivity index (χ0) is 15.5. The van der Waals surface area contributed by atoms with Crippen LogP contribution in [-0.4, -0.2) is 43.4 Å². The zero-order valence-corrected chi connectivity index (χ0v) is 14.9. The Labute approximate surface area is 136 Å². The van der Waals surface area contributed by atoms with E-state index < -0.39 is 0 Å². The van der Waals surface area contributed by atoms with E-state index in [9.17, 15) is 0 Å². The predicted octanol–water partition coefficient (Wildman–Crippen LogP) is 2.92. The van der Waals surface area contributed by atoms with Crippen molar-refractivity contribution >= 4 is 28.1 Å². The van der Waals surface area contributed by atoms with Crippen LogP contribution in [0.4, 0.5) is 5.69 Å². The van der Waals surface area contributed by atoms with Crippen LogP contribution >= 0.6 is 22.5 Å². The summed E-state index contributed by atoms with van der Waals surface area (Å²) in [5, 5.41) is 3.64. The normalized spacial score (nSPS) is 21.4. The van der Waals surface area contributed by atoms with E-state index >= 15 is 0 Å². The molecule has 0 aliphatic carbocycles. The largest absolute Gasteiger partial charge is 0.373 e. The first-order valence-corrected chi connectivity index (χ1v) is 9.22. The van der Waals surface area contributed by atoms with Crippen LogP contribution in [0.3, 0.4) is 0 Å². The number of hydrogen-bond donors (Lipinski definition) is 2. The Hall–Kier alpha value is -0.430. The second-order valence-corrected chi connectivity index (χ2v) is 7.52. The van der Waals surface area contributed by atoms with Gasteiger partial charge in [-0.05, 0) is 40.0 Å². The number of ether oxygens (including phenoxy) is 1. The van der Waals surface area contributed by atoms with Crippen molar-refractivity contribution in [2.24, 2.45) is 0 Å². The van der Waals surface area contributed by atoms with Gasteiger partial charge in [0, 0.05) is 18.6 Å². The minimum Gasteiger partial charge on any atom is -0.373 e. The molecule has 2 atom stereocenters. The van der Waals surface area contributed by atoms with Gasteiger partial charge in [0.2, 0.25) is 0 Å². The van der Waals surface area contributed by atoms with E-state index in [1.165, 1.54) is 10.8 Å². The Bertz CT molecular complexity index is 453. The van der Waals surface area contributed by atoms with Gasteiger partial charge in [0.05, 0.1) is 35.5 Å². The number of pyridine rings is 1. The minimum atomic E-state index is -0.0385. The first kappa shape index (κ1) is 16.9. The van der Waals surface area contributed by atoms with Gasteiger partial charge >= 0.3 is 0 Å². The molecule has 1 aliphatic rings. The highest BCUT2D eigenvalue weighted by Gasteiger charge is 2.33. The SMILES string of the molecule is CNC(C)(C)[C@H]1CN(c2ccc(C(C)SS)nc2)CCO1. The van der Waals surface area contributed by atoms with E-state index in [1.54, 1.807) is 0 Å². The third-order valence-corrected chi connectivity index (χ3v) is 5.73. The molecule has 1 aromatic heterocycles. The van der Waals surface area contributed by atoms with Gasteiger partial charge < -0.3 is 15.0 Å². The van der Waals surface area contributed by atoms with E-state index in [2.05, 4.69) is 59.8 Å². The smallest absolute Gasteiger partial charge is 0.0926 e. The molecule has 6 heteroatoms. The second-order valence-electron chi connectivity index (χ2n) is 5.97. The number of anilines is 1. The summed E-state index contributed by atoms with van der Waals surface area (Å²) in [6.45, 7) is 9.00. The molecular weight excluding hydrogens is 302 g/mol. The maximum Gasteiger partial charge on any atom is 0.0926 e. The predicted molar refractivity (Wildman–Crippen MR) is 94.3 cm³/mol. The zero-order valence-electron chi connectivity index (χ0n) is 13.2. The molecular formula is C15H25N3OS2. The number of aromatic nitrogens is 1. The molecule has 0 radical (unpaired) electrons. The molecule has 4 nitrogen and oxygen atoms in total. The van der Waals surface area contributed by atoms with Gasteiger partial charge in [0.25, 0.3) is 0 Å². The molecule has 0 bridgehead atoms. The third kappa shape index (κ3) is 4.06. The van der Waals surface area contributed by atoms with Gasteiger partial charge in [-0.25, -0.2) is 0 Å². The van der Waals surface area contributed by atoms with Gasteiger partial charge in [0.1, 0.15) is 0 Å². The number of rotatable bonds is 5. The molecule has 0 amide bonds. The second kappa shape index (κ2) is 7.22. The van der Waals surface area contributed by atoms with Crippen molar-refractivity contribution in [3.05, 3.63) is 24.0 Å². The van der Waals surface area contributed by atoms with Crippen LogP contribution in [-0.2, 0) is 4.74 Å². The van der Waals surface area contributed by atoms with Crippen LogP contribution in [0.2, 0.25) is 0 Å². The van der Waals surface area contributed by atoms with E-state index in [0.29, 0.717) is 5.25 Å². The molecule has 21 heavy (non-hydrogen) atoms. The first-order valence-electron chi connectivity index (χ1n) is 7.29. The molecule has 2 rings (SSSR count). The summed E-state index contributed by atoms with van der Waals surface area (Å²) in [6.07, 6.45) is 2.13. The van der Waals surface area contributed by atoms with Crippen molar-refractivity contribution in [2.75, 3.05) is 31.6 Å². The van der Waals surface area contributed by atoms with Crippen molar-refractivity contribution in [3.63, 3.8) is 0 Å². The monoisotopic (exact) mass is 327 g/mol. The van der Waals surface area contributed by atoms with Crippen LogP contribution < -0.4 is 10.2 Å². The maximum absolute atomic E-state index is 5.93. The van der Waals surface area contributed by atoms with Crippen molar-refractivity contribution < 1.29 is 4.74 Å². The van der Waals surface area contributed by atoms with Gasteiger partial charge in [-0.15, -0.1) is 11.7 Å². The summed E-state index contributed by atoms with van der Waals surface area (Å²) in [6, 6.07) is 4.24. The van der Waals surface area contributed by atoms with Crippen molar-refractivity contribution in [3.8, 4) is 0 Å². The Morgan fingerprint density at radius 3 is 2.86 bits per heavy atom. The molecule has 0 aromatic carbocycles. The van der Waals surface area contributed by atoms with Crippen LogP contribution in [0, 0.1) is 0 Å². The molecule has 1 aliphatic heterocycles. The summed E-state index contributed by atoms with van der Waals surface area (Å²) >= 11 is 4.25. The van der Waals surface area contributed by atoms with Crippen molar-refractivity contribution in [2.45, 2.75) is 37.7 Å². The van der Waals surface area contributed by atoms with Gasteiger partial charge in [-0.2, -0.15) is 0 Å². The summed E-state index contributed by atoms with van der Waals surface area (Å²) in [7, 11) is 3.50. The lowest BCUT2D eigenvalue weighted by Gasteiger charge is -2.42. The van der Waals surface area contributed by atoms with E-state index in [-0.39, 0.29) is 11.6 Å². The lowest BCUT2D eigenvalue weighted by atomic mass is 9.96. The van der Waals surface area contributed by atoms with Crippen LogP contribution in [0.15, 0.2) is 18.3 Å². The van der Waals surface area contributed by atoms with Gasteiger partial charge in [-0.1, -0.05) is 10.8 Å². The fourth-order valence-corrected chi connectivity index (χ4v) is 2.93. The van der Waals surface area contributed by atoms with Gasteiger partial charge in [0.15, 0.2) is 0 Å². The molecule has 0 spiro atoms. The van der Waals surface area contributed by atoms with E-state index in [0.717, 1.165) is 31.1 Å². The quantitative estimate of drug-likeness (QED) is 0.642. The maximum atomic E-state index is 5.93. The average molecular weight is 328 g/mol. The molecule has 2 heterocycles. The molecule has 1 N–H and O–H groups in total. The fourth-order valence-electron chi connectivity index (χ4n) is 2.36. The van der Waals surface area contributed by atoms with Crippen LogP contribution in [0.5, 0.6) is 0 Å². The van der Waals surface area contributed by atoms with Crippen LogP contribution in [0.1, 0.15) is 31.7 Å². The lowest BCUT2D eigenvalue weighted by Crippen LogP contribution is -2.57. The van der Waals surface area contributed by atoms with Crippen molar-refractivity contribution in [1.82, 2.24) is 10.3 Å². The summed E-state index contributed by atoms with van der Waals surface area (Å²) in [5.41, 5.74) is 2.19. The van der Waals surface area contributed by atoms with E-state index in [1.807, 2.05) is 13.2 Å². The number of hydrogen-bond acceptors (Lipinski definition) is 6. The first-order chi connectivity index (χ1) is 9.97. The highest BCUT2D eigenvalue weighted by Crippen LogP contribution is 2.30. The topological polar surface area (TPSA) is 37.4 Å².